The van der Waals surface area contributed by atoms with Gasteiger partial charge < -0.3 is 5.32 Å². The van der Waals surface area contributed by atoms with Gasteiger partial charge in [0.25, 0.3) is 0 Å². The third-order valence-electron chi connectivity index (χ3n) is 2.07. The number of benzene rings is 1. The molecular weight excluding hydrogens is 299 g/mol. The van der Waals surface area contributed by atoms with Gasteiger partial charge in [0, 0.05) is 22.9 Å². The molecule has 0 aliphatic rings. The Kier molecular flexibility index (Phi) is 5.14. The largest absolute Gasteiger partial charge is 0.446 e. The summed E-state index contributed by atoms with van der Waals surface area (Å²) < 4.78 is 59.3. The number of thioether (sulfide) groups is 1. The van der Waals surface area contributed by atoms with Crippen molar-refractivity contribution in [3.05, 3.63) is 24.3 Å². The van der Waals surface area contributed by atoms with Crippen molar-refractivity contribution in [3.8, 4) is 0 Å². The second kappa shape index (κ2) is 6.04. The predicted molar refractivity (Wildman–Crippen MR) is 71.1 cm³/mol. The number of halogens is 3. The van der Waals surface area contributed by atoms with E-state index in [2.05, 4.69) is 5.32 Å². The number of nitrogens with one attached hydrogen (secondary N) is 1. The topological polar surface area (TPSA) is 46.2 Å². The maximum atomic E-state index is 12.4. The molecule has 0 bridgehead atoms. The van der Waals surface area contributed by atoms with Crippen LogP contribution in [-0.4, -0.2) is 32.0 Å². The van der Waals surface area contributed by atoms with Crippen molar-refractivity contribution in [2.75, 3.05) is 17.3 Å². The van der Waals surface area contributed by atoms with Gasteiger partial charge in [-0.2, -0.15) is 13.2 Å². The lowest BCUT2D eigenvalue weighted by atomic mass is 10.3. The maximum absolute atomic E-state index is 12.4. The van der Waals surface area contributed by atoms with E-state index >= 15 is 0 Å². The summed E-state index contributed by atoms with van der Waals surface area (Å²) in [5.74, 6) is -0.141. The van der Waals surface area contributed by atoms with Crippen molar-refractivity contribution in [1.82, 2.24) is 0 Å². The third kappa shape index (κ3) is 6.72. The lowest BCUT2D eigenvalue weighted by Crippen LogP contribution is -2.25. The Morgan fingerprint density at radius 1 is 1.32 bits per heavy atom. The molecular formula is C11H14F3NO2S2. The van der Waals surface area contributed by atoms with Gasteiger partial charge in [0.2, 0.25) is 0 Å². The van der Waals surface area contributed by atoms with Crippen molar-refractivity contribution < 1.29 is 21.6 Å². The van der Waals surface area contributed by atoms with Gasteiger partial charge in [-0.05, 0) is 30.8 Å². The first kappa shape index (κ1) is 16.2. The zero-order chi connectivity index (χ0) is 14.7. The van der Waals surface area contributed by atoms with Gasteiger partial charge >= 0.3 is 5.51 Å². The predicted octanol–water partition coefficient (Wildman–Crippen LogP) is 3.14. The molecule has 0 saturated carbocycles. The molecule has 0 spiro atoms. The first-order valence-electron chi connectivity index (χ1n) is 5.36. The fourth-order valence-corrected chi connectivity index (χ4v) is 3.19. The summed E-state index contributed by atoms with van der Waals surface area (Å²) in [6.45, 7) is 1.61. The standard InChI is InChI=1S/C11H14F3NO2S2/c1-8(7-19(2,16)17)15-9-5-3-4-6-10(9)18-11(12,13)14/h3-6,8,15H,7H2,1-2H3. The molecule has 0 amide bonds. The highest BCUT2D eigenvalue weighted by Crippen LogP contribution is 2.40. The first-order chi connectivity index (χ1) is 8.57. The summed E-state index contributed by atoms with van der Waals surface area (Å²) in [4.78, 5) is 0.0235. The van der Waals surface area contributed by atoms with Gasteiger partial charge in [-0.1, -0.05) is 12.1 Å². The molecule has 1 atom stereocenters. The highest BCUT2D eigenvalue weighted by atomic mass is 32.2. The van der Waals surface area contributed by atoms with Crippen LogP contribution in [0.4, 0.5) is 18.9 Å². The number of sulfone groups is 1. The van der Waals surface area contributed by atoms with Crippen LogP contribution < -0.4 is 5.32 Å². The summed E-state index contributed by atoms with van der Waals surface area (Å²) in [7, 11) is -3.18. The molecule has 1 rings (SSSR count). The number of hydrogen-bond acceptors (Lipinski definition) is 4. The van der Waals surface area contributed by atoms with Crippen LogP contribution >= 0.6 is 11.8 Å². The van der Waals surface area contributed by atoms with Crippen LogP contribution in [0.1, 0.15) is 6.92 Å². The van der Waals surface area contributed by atoms with E-state index in [4.69, 9.17) is 0 Å². The smallest absolute Gasteiger partial charge is 0.381 e. The van der Waals surface area contributed by atoms with E-state index in [1.54, 1.807) is 13.0 Å². The first-order valence-corrected chi connectivity index (χ1v) is 8.23. The molecule has 1 unspecified atom stereocenters. The summed E-state index contributed by atoms with van der Waals surface area (Å²) in [5, 5.41) is 2.79. The number of hydrogen-bond donors (Lipinski definition) is 1. The van der Waals surface area contributed by atoms with Gasteiger partial charge in [-0.15, -0.1) is 0 Å². The highest BCUT2D eigenvalue weighted by Gasteiger charge is 2.30. The third-order valence-corrected chi connectivity index (χ3v) is 3.98. The zero-order valence-electron chi connectivity index (χ0n) is 10.4. The Hall–Kier alpha value is -0.890. The van der Waals surface area contributed by atoms with E-state index in [0.29, 0.717) is 0 Å². The molecule has 1 N–H and O–H groups in total. The minimum Gasteiger partial charge on any atom is -0.381 e. The van der Waals surface area contributed by atoms with Crippen LogP contribution in [-0.2, 0) is 9.84 Å². The fraction of sp³-hybridized carbons (Fsp3) is 0.455. The summed E-state index contributed by atoms with van der Waals surface area (Å²) in [5.41, 5.74) is -4.10. The monoisotopic (exact) mass is 313 g/mol. The molecule has 108 valence electrons. The lowest BCUT2D eigenvalue weighted by Gasteiger charge is -2.17. The van der Waals surface area contributed by atoms with E-state index < -0.39 is 21.4 Å². The van der Waals surface area contributed by atoms with Crippen molar-refractivity contribution in [1.29, 1.82) is 0 Å². The van der Waals surface area contributed by atoms with Crippen LogP contribution in [0.2, 0.25) is 0 Å². The molecule has 0 fully saturated rings. The van der Waals surface area contributed by atoms with Gasteiger partial charge in [-0.3, -0.25) is 0 Å². The number of rotatable bonds is 5. The number of para-hydroxylation sites is 1. The summed E-state index contributed by atoms with van der Waals surface area (Å²) in [6, 6.07) is 5.46. The summed E-state index contributed by atoms with van der Waals surface area (Å²) >= 11 is -0.225. The molecule has 1 aromatic carbocycles. The number of alkyl halides is 3. The van der Waals surface area contributed by atoms with Crippen molar-refractivity contribution >= 4 is 27.3 Å². The minimum atomic E-state index is -4.38. The van der Waals surface area contributed by atoms with Crippen LogP contribution in [0.3, 0.4) is 0 Å². The molecule has 0 heterocycles. The molecule has 3 nitrogen and oxygen atoms in total. The number of anilines is 1. The molecule has 19 heavy (non-hydrogen) atoms. The quantitative estimate of drug-likeness (QED) is 0.848. The second-order valence-corrected chi connectivity index (χ2v) is 7.47. The van der Waals surface area contributed by atoms with E-state index in [0.717, 1.165) is 6.26 Å². The molecule has 0 radical (unpaired) electrons. The minimum absolute atomic E-state index is 0.0235. The molecule has 0 aromatic heterocycles. The molecule has 0 aliphatic heterocycles. The van der Waals surface area contributed by atoms with Crippen LogP contribution in [0, 0.1) is 0 Å². The van der Waals surface area contributed by atoms with Crippen molar-refractivity contribution in [2.24, 2.45) is 0 Å². The van der Waals surface area contributed by atoms with E-state index in [9.17, 15) is 21.6 Å². The normalized spacial score (nSPS) is 14.2. The van der Waals surface area contributed by atoms with Gasteiger partial charge in [0.1, 0.15) is 9.84 Å². The van der Waals surface area contributed by atoms with Crippen molar-refractivity contribution in [2.45, 2.75) is 23.4 Å². The van der Waals surface area contributed by atoms with Gasteiger partial charge in [0.05, 0.1) is 5.75 Å². The fourth-order valence-electron chi connectivity index (χ4n) is 1.56. The van der Waals surface area contributed by atoms with E-state index in [1.807, 2.05) is 0 Å². The Morgan fingerprint density at radius 2 is 1.89 bits per heavy atom. The Balaban J connectivity index is 2.84. The van der Waals surface area contributed by atoms with Crippen molar-refractivity contribution in [3.63, 3.8) is 0 Å². The zero-order valence-corrected chi connectivity index (χ0v) is 12.0. The maximum Gasteiger partial charge on any atom is 0.446 e. The molecule has 8 heteroatoms. The molecule has 0 aliphatic carbocycles. The Morgan fingerprint density at radius 3 is 2.42 bits per heavy atom. The molecule has 1 aromatic rings. The average molecular weight is 313 g/mol. The Labute approximate surface area is 114 Å². The van der Waals surface area contributed by atoms with E-state index in [1.165, 1.54) is 18.2 Å². The van der Waals surface area contributed by atoms with Crippen LogP contribution in [0.25, 0.3) is 0 Å². The highest BCUT2D eigenvalue weighted by molar-refractivity contribution is 8.00. The van der Waals surface area contributed by atoms with E-state index in [-0.39, 0.29) is 28.1 Å². The van der Waals surface area contributed by atoms with Crippen LogP contribution in [0.15, 0.2) is 29.2 Å². The lowest BCUT2D eigenvalue weighted by molar-refractivity contribution is -0.0328. The van der Waals surface area contributed by atoms with Crippen LogP contribution in [0.5, 0.6) is 0 Å². The average Bonchev–Trinajstić information content (AvgIpc) is 2.15. The van der Waals surface area contributed by atoms with Gasteiger partial charge in [-0.25, -0.2) is 8.42 Å². The SMILES string of the molecule is CC(CS(C)(=O)=O)Nc1ccccc1SC(F)(F)F. The Bertz CT molecular complexity index is 529. The second-order valence-electron chi connectivity index (χ2n) is 4.18. The molecule has 0 saturated heterocycles. The van der Waals surface area contributed by atoms with Gasteiger partial charge in [0.15, 0.2) is 0 Å². The summed E-state index contributed by atoms with van der Waals surface area (Å²) in [6.07, 6.45) is 1.08.